The lowest BCUT2D eigenvalue weighted by molar-refractivity contribution is 0.694. The Labute approximate surface area is 353 Å². The summed E-state index contributed by atoms with van der Waals surface area (Å²) in [7, 11) is 0. The molecule has 12 rings (SSSR count). The predicted molar refractivity (Wildman–Crippen MR) is 252 cm³/mol. The van der Waals surface area contributed by atoms with E-state index in [9.17, 15) is 0 Å². The van der Waals surface area contributed by atoms with Crippen LogP contribution in [-0.4, -0.2) is 0 Å². The molecule has 0 heterocycles. The highest BCUT2D eigenvalue weighted by Crippen LogP contribution is 2.64. The van der Waals surface area contributed by atoms with E-state index in [0.29, 0.717) is 0 Å². The smallest absolute Gasteiger partial charge is 0.0726 e. The fourth-order valence-corrected chi connectivity index (χ4v) is 11.7. The van der Waals surface area contributed by atoms with Crippen LogP contribution in [0, 0.1) is 0 Å². The van der Waals surface area contributed by atoms with Crippen molar-refractivity contribution in [2.75, 3.05) is 4.90 Å². The molecule has 0 saturated carbocycles. The van der Waals surface area contributed by atoms with Gasteiger partial charge < -0.3 is 4.90 Å². The molecule has 1 spiro atoms. The summed E-state index contributed by atoms with van der Waals surface area (Å²) >= 11 is 0. The second kappa shape index (κ2) is 12.5. The van der Waals surface area contributed by atoms with Crippen LogP contribution in [0.4, 0.5) is 17.1 Å². The predicted octanol–water partition coefficient (Wildman–Crippen LogP) is 15.2. The van der Waals surface area contributed by atoms with Crippen LogP contribution in [0.2, 0.25) is 0 Å². The molecule has 1 heteroatoms. The fraction of sp³-hybridized carbons (Fsp3) is 0.119. The van der Waals surface area contributed by atoms with Crippen molar-refractivity contribution in [3.8, 4) is 22.3 Å². The Balaban J connectivity index is 0.996. The topological polar surface area (TPSA) is 3.24 Å². The summed E-state index contributed by atoms with van der Waals surface area (Å²) < 4.78 is 0. The Hall–Kier alpha value is -6.96. The molecule has 4 aliphatic carbocycles. The molecule has 0 aliphatic heterocycles. The minimum Gasteiger partial charge on any atom is -0.310 e. The maximum Gasteiger partial charge on any atom is 0.0726 e. The van der Waals surface area contributed by atoms with Crippen molar-refractivity contribution in [1.29, 1.82) is 0 Å². The van der Waals surface area contributed by atoms with Crippen LogP contribution in [0.3, 0.4) is 0 Å². The molecule has 0 amide bonds. The maximum atomic E-state index is 2.48. The molecule has 1 nitrogen and oxygen atoms in total. The van der Waals surface area contributed by atoms with E-state index in [1.165, 1.54) is 89.0 Å². The zero-order valence-corrected chi connectivity index (χ0v) is 34.5. The van der Waals surface area contributed by atoms with Crippen LogP contribution >= 0.6 is 0 Å². The molecule has 8 aromatic rings. The molecule has 60 heavy (non-hydrogen) atoms. The van der Waals surface area contributed by atoms with E-state index in [4.69, 9.17) is 0 Å². The van der Waals surface area contributed by atoms with Gasteiger partial charge in [0.15, 0.2) is 0 Å². The van der Waals surface area contributed by atoms with Gasteiger partial charge in [-0.05, 0) is 131 Å². The van der Waals surface area contributed by atoms with Gasteiger partial charge in [-0.25, -0.2) is 0 Å². The van der Waals surface area contributed by atoms with Crippen LogP contribution in [0.5, 0.6) is 0 Å². The molecular weight excluding hydrogens is 723 g/mol. The Morgan fingerprint density at radius 2 is 0.717 bits per heavy atom. The highest BCUT2D eigenvalue weighted by Gasteiger charge is 2.52. The summed E-state index contributed by atoms with van der Waals surface area (Å²) in [6.45, 7) is 9.63. The second-order valence-electron chi connectivity index (χ2n) is 18.1. The quantitative estimate of drug-likeness (QED) is 0.158. The lowest BCUT2D eigenvalue weighted by atomic mass is 9.70. The number of anilines is 3. The number of hydrogen-bond donors (Lipinski definition) is 0. The normalized spacial score (nSPS) is 17.9. The Bertz CT molecular complexity index is 3090. The standard InChI is InChI=1S/C59H45N/c1-57(2)49-24-14-13-23-47(49)55-56(57)48-33-30-38(35-52(48)58(55,3)4)27-28-39-29-32-45-43-21-11-15-25-50(43)59(53(45)36-39)51-26-16-12-22-44(51)46-34-31-42(37-54(46)59)60(40-17-7-5-8-18-40)41-19-9-6-10-20-41/h5-37H,1-4H3. The first kappa shape index (κ1) is 35.0. The minimum atomic E-state index is -0.469. The zero-order valence-electron chi connectivity index (χ0n) is 34.5. The number of rotatable bonds is 5. The third-order valence-electron chi connectivity index (χ3n) is 14.2. The van der Waals surface area contributed by atoms with E-state index in [2.05, 4.69) is 233 Å². The summed E-state index contributed by atoms with van der Waals surface area (Å²) in [6, 6.07) is 70.2. The van der Waals surface area contributed by atoms with Crippen LogP contribution in [-0.2, 0) is 16.2 Å². The van der Waals surface area contributed by atoms with Gasteiger partial charge >= 0.3 is 0 Å². The van der Waals surface area contributed by atoms with Gasteiger partial charge in [0.05, 0.1) is 5.41 Å². The van der Waals surface area contributed by atoms with Crippen molar-refractivity contribution >= 4 is 40.4 Å². The zero-order chi connectivity index (χ0) is 40.4. The lowest BCUT2D eigenvalue weighted by Gasteiger charge is -2.32. The highest BCUT2D eigenvalue weighted by atomic mass is 15.1. The molecule has 0 N–H and O–H groups in total. The van der Waals surface area contributed by atoms with Gasteiger partial charge in [0.2, 0.25) is 0 Å². The first-order valence-corrected chi connectivity index (χ1v) is 21.3. The number of para-hydroxylation sites is 2. The van der Waals surface area contributed by atoms with Crippen molar-refractivity contribution in [2.24, 2.45) is 0 Å². The summed E-state index contributed by atoms with van der Waals surface area (Å²) in [4.78, 5) is 2.39. The van der Waals surface area contributed by atoms with E-state index in [1.54, 1.807) is 0 Å². The highest BCUT2D eigenvalue weighted by molar-refractivity contribution is 6.09. The average Bonchev–Trinajstić information content (AvgIpc) is 3.92. The van der Waals surface area contributed by atoms with Gasteiger partial charge in [0.1, 0.15) is 0 Å². The van der Waals surface area contributed by atoms with Crippen molar-refractivity contribution < 1.29 is 0 Å². The number of allylic oxidation sites excluding steroid dienone is 2. The fourth-order valence-electron chi connectivity index (χ4n) is 11.7. The molecule has 1 atom stereocenters. The maximum absolute atomic E-state index is 2.48. The second-order valence-corrected chi connectivity index (χ2v) is 18.1. The third kappa shape index (κ3) is 4.64. The lowest BCUT2D eigenvalue weighted by Crippen LogP contribution is -2.26. The van der Waals surface area contributed by atoms with Crippen LogP contribution in [0.25, 0.3) is 45.6 Å². The van der Waals surface area contributed by atoms with Gasteiger partial charge in [-0.2, -0.15) is 0 Å². The summed E-state index contributed by atoms with van der Waals surface area (Å²) in [5.74, 6) is 0. The van der Waals surface area contributed by atoms with E-state index >= 15 is 0 Å². The van der Waals surface area contributed by atoms with Crippen molar-refractivity contribution in [1.82, 2.24) is 0 Å². The number of fused-ring (bicyclic) bond motifs is 14. The first-order chi connectivity index (χ1) is 29.3. The summed E-state index contributed by atoms with van der Waals surface area (Å²) in [5.41, 5.74) is 24.6. The molecule has 0 radical (unpaired) electrons. The molecule has 0 fully saturated rings. The van der Waals surface area contributed by atoms with E-state index in [0.717, 1.165) is 17.1 Å². The van der Waals surface area contributed by atoms with Crippen LogP contribution in [0.1, 0.15) is 83.3 Å². The molecule has 0 bridgehead atoms. The number of benzene rings is 8. The molecule has 8 aromatic carbocycles. The molecular formula is C59H45N. The average molecular weight is 768 g/mol. The number of hydrogen-bond acceptors (Lipinski definition) is 1. The number of nitrogens with zero attached hydrogens (tertiary/aromatic N) is 1. The van der Waals surface area contributed by atoms with Crippen LogP contribution < -0.4 is 4.90 Å². The largest absolute Gasteiger partial charge is 0.310 e. The van der Waals surface area contributed by atoms with E-state index in [1.807, 2.05) is 0 Å². The molecule has 1 unspecified atom stereocenters. The first-order valence-electron chi connectivity index (χ1n) is 21.3. The minimum absolute atomic E-state index is 0.0244. The Morgan fingerprint density at radius 3 is 1.30 bits per heavy atom. The summed E-state index contributed by atoms with van der Waals surface area (Å²) in [6.07, 6.45) is 4.65. The molecule has 4 aliphatic rings. The monoisotopic (exact) mass is 767 g/mol. The molecule has 286 valence electrons. The van der Waals surface area contributed by atoms with Gasteiger partial charge in [0, 0.05) is 27.9 Å². The third-order valence-corrected chi connectivity index (χ3v) is 14.2. The van der Waals surface area contributed by atoms with Crippen molar-refractivity contribution in [3.63, 3.8) is 0 Å². The SMILES string of the molecule is CC1(C)C2=C(c3ccccc31)C(C)(C)c1cc(C=Cc3ccc4c(c3)C3(c5ccccc5-4)c4ccccc4-c4ccc(N(c5ccccc5)c5ccccc5)cc43)ccc12. The van der Waals surface area contributed by atoms with Gasteiger partial charge in [-0.1, -0.05) is 185 Å². The molecule has 0 saturated heterocycles. The molecule has 0 aromatic heterocycles. The van der Waals surface area contributed by atoms with Crippen LogP contribution in [0.15, 0.2) is 188 Å². The van der Waals surface area contributed by atoms with Gasteiger partial charge in [-0.3, -0.25) is 0 Å². The Morgan fingerprint density at radius 1 is 0.317 bits per heavy atom. The van der Waals surface area contributed by atoms with Gasteiger partial charge in [0.25, 0.3) is 0 Å². The van der Waals surface area contributed by atoms with Crippen molar-refractivity contribution in [2.45, 2.75) is 43.9 Å². The van der Waals surface area contributed by atoms with Gasteiger partial charge in [-0.15, -0.1) is 0 Å². The van der Waals surface area contributed by atoms with E-state index < -0.39 is 5.41 Å². The van der Waals surface area contributed by atoms with E-state index in [-0.39, 0.29) is 10.8 Å². The van der Waals surface area contributed by atoms with Crippen molar-refractivity contribution in [3.05, 3.63) is 244 Å². The summed E-state index contributed by atoms with van der Waals surface area (Å²) in [5, 5.41) is 0. The Kier molecular flexibility index (Phi) is 7.31.